The second kappa shape index (κ2) is 9.34. The summed E-state index contributed by atoms with van der Waals surface area (Å²) in [4.78, 5) is 12.6. The van der Waals surface area contributed by atoms with Crippen LogP contribution in [-0.4, -0.2) is 38.8 Å². The fraction of sp³-hybridized carbons (Fsp3) is 0.350. The fourth-order valence-corrected chi connectivity index (χ4v) is 5.63. The Morgan fingerprint density at radius 1 is 1.24 bits per heavy atom. The van der Waals surface area contributed by atoms with Gasteiger partial charge in [0.05, 0.1) is 18.1 Å². The maximum atomic E-state index is 13.0. The average molecular weight is 457 g/mol. The molecule has 1 atom stereocenters. The summed E-state index contributed by atoms with van der Waals surface area (Å²) in [6.45, 7) is 0.747. The number of ether oxygens (including phenoxy) is 1. The first kappa shape index (κ1) is 21.9. The summed E-state index contributed by atoms with van der Waals surface area (Å²) in [5, 5.41) is 3.28. The van der Waals surface area contributed by atoms with E-state index in [0.717, 1.165) is 5.56 Å². The normalized spacial score (nSPS) is 17.7. The third kappa shape index (κ3) is 5.04. The first-order chi connectivity index (χ1) is 13.8. The van der Waals surface area contributed by atoms with Crippen molar-refractivity contribution in [3.05, 3.63) is 58.1 Å². The Morgan fingerprint density at radius 3 is 2.76 bits per heavy atom. The molecule has 2 aromatic rings. The van der Waals surface area contributed by atoms with E-state index in [1.54, 1.807) is 7.11 Å². The lowest BCUT2D eigenvalue weighted by atomic mass is 9.98. The number of amides is 1. The third-order valence-corrected chi connectivity index (χ3v) is 7.49. The van der Waals surface area contributed by atoms with Crippen molar-refractivity contribution in [2.75, 3.05) is 20.2 Å². The Hall–Kier alpha value is -1.80. The van der Waals surface area contributed by atoms with E-state index in [1.807, 2.05) is 24.3 Å². The molecule has 1 N–H and O–H groups in total. The highest BCUT2D eigenvalue weighted by Gasteiger charge is 2.34. The summed E-state index contributed by atoms with van der Waals surface area (Å²) in [5.41, 5.74) is 0.856. The van der Waals surface area contributed by atoms with Gasteiger partial charge in [0.15, 0.2) is 0 Å². The van der Waals surface area contributed by atoms with Crippen LogP contribution in [0.25, 0.3) is 0 Å². The molecule has 3 rings (SSSR count). The zero-order valence-corrected chi connectivity index (χ0v) is 18.2. The number of sulfonamides is 1. The Labute approximate surface area is 180 Å². The standard InChI is InChI=1S/C20H22Cl2N2O4S/c1-28-18-7-3-2-5-14(18)12-23-20(25)15-6-4-10-24(13-15)29(26,27)19-11-16(21)8-9-17(19)22/h2-3,5,7-9,11,15H,4,6,10,12-13H2,1H3,(H,23,25)/t15-/m1/s1. The summed E-state index contributed by atoms with van der Waals surface area (Å²) in [7, 11) is -2.27. The van der Waals surface area contributed by atoms with Crippen LogP contribution in [0.4, 0.5) is 0 Å². The molecule has 0 aromatic heterocycles. The second-order valence-corrected chi connectivity index (χ2v) is 9.56. The van der Waals surface area contributed by atoms with E-state index in [9.17, 15) is 13.2 Å². The highest BCUT2D eigenvalue weighted by atomic mass is 35.5. The van der Waals surface area contributed by atoms with Crippen LogP contribution >= 0.6 is 23.2 Å². The molecule has 0 unspecified atom stereocenters. The summed E-state index contributed by atoms with van der Waals surface area (Å²) in [5.74, 6) is 0.0652. The largest absolute Gasteiger partial charge is 0.496 e. The first-order valence-electron chi connectivity index (χ1n) is 9.17. The molecule has 1 aliphatic heterocycles. The maximum Gasteiger partial charge on any atom is 0.244 e. The summed E-state index contributed by atoms with van der Waals surface area (Å²) in [6, 6.07) is 11.8. The van der Waals surface area contributed by atoms with Crippen molar-refractivity contribution in [3.63, 3.8) is 0 Å². The number of carbonyl (C=O) groups excluding carboxylic acids is 1. The van der Waals surface area contributed by atoms with Gasteiger partial charge in [-0.05, 0) is 37.1 Å². The molecule has 1 heterocycles. The highest BCUT2D eigenvalue weighted by molar-refractivity contribution is 7.89. The van der Waals surface area contributed by atoms with Crippen LogP contribution in [0.3, 0.4) is 0 Å². The quantitative estimate of drug-likeness (QED) is 0.718. The van der Waals surface area contributed by atoms with Crippen molar-refractivity contribution >= 4 is 39.1 Å². The monoisotopic (exact) mass is 456 g/mol. The topological polar surface area (TPSA) is 75.7 Å². The van der Waals surface area contributed by atoms with Crippen LogP contribution < -0.4 is 10.1 Å². The number of methoxy groups -OCH3 is 1. The first-order valence-corrected chi connectivity index (χ1v) is 11.4. The van der Waals surface area contributed by atoms with Gasteiger partial charge in [0.2, 0.25) is 15.9 Å². The molecule has 156 valence electrons. The zero-order valence-electron chi connectivity index (χ0n) is 15.9. The number of halogens is 2. The van der Waals surface area contributed by atoms with Crippen LogP contribution in [0, 0.1) is 5.92 Å². The molecular weight excluding hydrogens is 435 g/mol. The molecule has 0 radical (unpaired) electrons. The molecule has 0 aliphatic carbocycles. The lowest BCUT2D eigenvalue weighted by Gasteiger charge is -2.31. The van der Waals surface area contributed by atoms with Crippen LogP contribution in [0.2, 0.25) is 10.0 Å². The van der Waals surface area contributed by atoms with Crippen LogP contribution in [0.5, 0.6) is 5.75 Å². The molecule has 0 saturated carbocycles. The van der Waals surface area contributed by atoms with Gasteiger partial charge in [-0.25, -0.2) is 8.42 Å². The number of nitrogens with one attached hydrogen (secondary N) is 1. The smallest absolute Gasteiger partial charge is 0.244 e. The Balaban J connectivity index is 1.70. The van der Waals surface area contributed by atoms with Gasteiger partial charge < -0.3 is 10.1 Å². The van der Waals surface area contributed by atoms with Crippen molar-refractivity contribution in [1.29, 1.82) is 0 Å². The van der Waals surface area contributed by atoms with E-state index in [-0.39, 0.29) is 27.4 Å². The predicted octanol–water partition coefficient (Wildman–Crippen LogP) is 3.72. The van der Waals surface area contributed by atoms with E-state index < -0.39 is 15.9 Å². The van der Waals surface area contributed by atoms with Crippen molar-refractivity contribution in [2.45, 2.75) is 24.3 Å². The molecule has 1 amide bonds. The molecule has 9 heteroatoms. The van der Waals surface area contributed by atoms with Crippen molar-refractivity contribution in [1.82, 2.24) is 9.62 Å². The van der Waals surface area contributed by atoms with Crippen molar-refractivity contribution in [3.8, 4) is 5.75 Å². The third-order valence-electron chi connectivity index (χ3n) is 4.91. The lowest BCUT2D eigenvalue weighted by Crippen LogP contribution is -2.45. The maximum absolute atomic E-state index is 13.0. The molecule has 1 saturated heterocycles. The summed E-state index contributed by atoms with van der Waals surface area (Å²) in [6.07, 6.45) is 1.21. The minimum absolute atomic E-state index is 0.0400. The van der Waals surface area contributed by atoms with E-state index >= 15 is 0 Å². The number of hydrogen-bond donors (Lipinski definition) is 1. The molecule has 0 spiro atoms. The average Bonchev–Trinajstić information content (AvgIpc) is 2.73. The molecule has 29 heavy (non-hydrogen) atoms. The number of piperidine rings is 1. The highest BCUT2D eigenvalue weighted by Crippen LogP contribution is 2.30. The summed E-state index contributed by atoms with van der Waals surface area (Å²) >= 11 is 12.0. The van der Waals surface area contributed by atoms with E-state index in [2.05, 4.69) is 5.32 Å². The summed E-state index contributed by atoms with van der Waals surface area (Å²) < 4.78 is 32.7. The number of para-hydroxylation sites is 1. The Kier molecular flexibility index (Phi) is 7.05. The van der Waals surface area contributed by atoms with Gasteiger partial charge in [0.1, 0.15) is 10.6 Å². The van der Waals surface area contributed by atoms with Gasteiger partial charge in [0.25, 0.3) is 0 Å². The van der Waals surface area contributed by atoms with E-state index in [1.165, 1.54) is 22.5 Å². The van der Waals surface area contributed by atoms with E-state index in [4.69, 9.17) is 27.9 Å². The lowest BCUT2D eigenvalue weighted by molar-refractivity contribution is -0.126. The molecule has 2 aromatic carbocycles. The molecule has 6 nitrogen and oxygen atoms in total. The number of hydrogen-bond acceptors (Lipinski definition) is 4. The Morgan fingerprint density at radius 2 is 2.00 bits per heavy atom. The van der Waals surface area contributed by atoms with Crippen molar-refractivity contribution in [2.24, 2.45) is 5.92 Å². The molecular formula is C20H22Cl2N2O4S. The molecule has 0 bridgehead atoms. The van der Waals surface area contributed by atoms with Gasteiger partial charge in [-0.2, -0.15) is 4.31 Å². The van der Waals surface area contributed by atoms with Crippen molar-refractivity contribution < 1.29 is 17.9 Å². The van der Waals surface area contributed by atoms with Gasteiger partial charge >= 0.3 is 0 Å². The predicted molar refractivity (Wildman–Crippen MR) is 113 cm³/mol. The van der Waals surface area contributed by atoms with Crippen LogP contribution in [-0.2, 0) is 21.4 Å². The fourth-order valence-electron chi connectivity index (χ4n) is 3.36. The zero-order chi connectivity index (χ0) is 21.0. The van der Waals surface area contributed by atoms with Crippen LogP contribution in [0.1, 0.15) is 18.4 Å². The Bertz CT molecular complexity index is 998. The molecule has 1 fully saturated rings. The number of benzene rings is 2. The minimum Gasteiger partial charge on any atom is -0.496 e. The number of nitrogens with zero attached hydrogens (tertiary/aromatic N) is 1. The number of rotatable bonds is 6. The second-order valence-electron chi connectivity index (χ2n) is 6.81. The van der Waals surface area contributed by atoms with Crippen LogP contribution in [0.15, 0.2) is 47.4 Å². The number of carbonyl (C=O) groups is 1. The minimum atomic E-state index is -3.84. The van der Waals surface area contributed by atoms with Gasteiger partial charge in [-0.1, -0.05) is 41.4 Å². The van der Waals surface area contributed by atoms with Gasteiger partial charge in [0, 0.05) is 30.2 Å². The SMILES string of the molecule is COc1ccccc1CNC(=O)[C@@H]1CCCN(S(=O)(=O)c2cc(Cl)ccc2Cl)C1. The van der Waals surface area contributed by atoms with Gasteiger partial charge in [-0.3, -0.25) is 4.79 Å². The molecule has 1 aliphatic rings. The van der Waals surface area contributed by atoms with Gasteiger partial charge in [-0.15, -0.1) is 0 Å². The van der Waals surface area contributed by atoms with E-state index in [0.29, 0.717) is 31.7 Å².